The molecule has 0 saturated heterocycles. The molecule has 1 atom stereocenters. The Morgan fingerprint density at radius 1 is 1.08 bits per heavy atom. The predicted octanol–water partition coefficient (Wildman–Crippen LogP) is 2.23. The van der Waals surface area contributed by atoms with E-state index in [1.165, 1.54) is 11.9 Å². The molecular formula is C19H19NO5. The summed E-state index contributed by atoms with van der Waals surface area (Å²) in [5.41, 5.74) is 1.22. The molecule has 1 N–H and O–H groups in total. The quantitative estimate of drug-likeness (QED) is 0.902. The Kier molecular flexibility index (Phi) is 4.88. The third kappa shape index (κ3) is 3.74. The molecule has 0 saturated carbocycles. The lowest BCUT2D eigenvalue weighted by Crippen LogP contribution is -2.43. The Balaban J connectivity index is 1.80. The Morgan fingerprint density at radius 2 is 1.76 bits per heavy atom. The molecule has 130 valence electrons. The molecule has 0 aromatic heterocycles. The summed E-state index contributed by atoms with van der Waals surface area (Å²) in [5, 5.41) is 9.55. The zero-order valence-electron chi connectivity index (χ0n) is 13.8. The second kappa shape index (κ2) is 7.25. The second-order valence-corrected chi connectivity index (χ2v) is 5.82. The number of carbonyl (C=O) groups is 2. The Hall–Kier alpha value is -3.02. The summed E-state index contributed by atoms with van der Waals surface area (Å²) in [5.74, 6) is -0.331. The van der Waals surface area contributed by atoms with Crippen molar-refractivity contribution in [3.8, 4) is 11.5 Å². The van der Waals surface area contributed by atoms with Crippen LogP contribution >= 0.6 is 0 Å². The number of carboxylic acids is 1. The van der Waals surface area contributed by atoms with Gasteiger partial charge in [0.2, 0.25) is 0 Å². The molecule has 1 amide bonds. The van der Waals surface area contributed by atoms with E-state index in [2.05, 4.69) is 0 Å². The highest BCUT2D eigenvalue weighted by Gasteiger charge is 2.28. The standard InChI is InChI=1S/C19H19NO5/c1-20(15(19(22)23)11-13-5-3-2-4-6-13)18(21)14-7-8-16-17(12-14)25-10-9-24-16/h2-8,12,15H,9-11H2,1H3,(H,22,23). The number of likely N-dealkylation sites (N-methyl/N-ethyl adjacent to an activating group) is 1. The summed E-state index contributed by atoms with van der Waals surface area (Å²) in [6, 6.07) is 13.2. The first-order valence-corrected chi connectivity index (χ1v) is 8.00. The fraction of sp³-hybridized carbons (Fsp3) is 0.263. The molecular weight excluding hydrogens is 322 g/mol. The number of amides is 1. The minimum absolute atomic E-state index is 0.239. The van der Waals surface area contributed by atoms with Crippen molar-refractivity contribution in [2.75, 3.05) is 20.3 Å². The molecule has 0 radical (unpaired) electrons. The lowest BCUT2D eigenvalue weighted by atomic mass is 10.0. The second-order valence-electron chi connectivity index (χ2n) is 5.82. The Bertz CT molecular complexity index is 775. The maximum Gasteiger partial charge on any atom is 0.326 e. The summed E-state index contributed by atoms with van der Waals surface area (Å²) in [4.78, 5) is 25.7. The van der Waals surface area contributed by atoms with E-state index in [0.717, 1.165) is 5.56 Å². The molecule has 25 heavy (non-hydrogen) atoms. The van der Waals surface area contributed by atoms with Crippen molar-refractivity contribution >= 4 is 11.9 Å². The molecule has 2 aromatic rings. The summed E-state index contributed by atoms with van der Waals surface area (Å²) in [6.45, 7) is 0.893. The van der Waals surface area contributed by atoms with Gasteiger partial charge in [0.05, 0.1) is 0 Å². The average Bonchev–Trinajstić information content (AvgIpc) is 2.65. The van der Waals surface area contributed by atoms with E-state index >= 15 is 0 Å². The fourth-order valence-corrected chi connectivity index (χ4v) is 2.75. The van der Waals surface area contributed by atoms with Crippen LogP contribution in [-0.2, 0) is 11.2 Å². The van der Waals surface area contributed by atoms with Crippen LogP contribution < -0.4 is 9.47 Å². The largest absolute Gasteiger partial charge is 0.486 e. The summed E-state index contributed by atoms with van der Waals surface area (Å²) >= 11 is 0. The van der Waals surface area contributed by atoms with E-state index in [1.54, 1.807) is 18.2 Å². The van der Waals surface area contributed by atoms with Crippen LogP contribution in [0.5, 0.6) is 11.5 Å². The Labute approximate surface area is 145 Å². The van der Waals surface area contributed by atoms with E-state index in [-0.39, 0.29) is 12.3 Å². The van der Waals surface area contributed by atoms with Crippen LogP contribution in [0.15, 0.2) is 48.5 Å². The third-order valence-electron chi connectivity index (χ3n) is 4.13. The molecule has 0 fully saturated rings. The fourth-order valence-electron chi connectivity index (χ4n) is 2.75. The van der Waals surface area contributed by atoms with Crippen LogP contribution in [0, 0.1) is 0 Å². The molecule has 1 unspecified atom stereocenters. The van der Waals surface area contributed by atoms with Crippen molar-refractivity contribution < 1.29 is 24.2 Å². The zero-order valence-corrected chi connectivity index (χ0v) is 13.8. The van der Waals surface area contributed by atoms with E-state index in [9.17, 15) is 14.7 Å². The predicted molar refractivity (Wildman–Crippen MR) is 91.1 cm³/mol. The first-order valence-electron chi connectivity index (χ1n) is 8.00. The van der Waals surface area contributed by atoms with Crippen molar-refractivity contribution in [3.05, 3.63) is 59.7 Å². The number of nitrogens with zero attached hydrogens (tertiary/aromatic N) is 1. The SMILES string of the molecule is CN(C(=O)c1ccc2c(c1)OCCO2)C(Cc1ccccc1)C(=O)O. The molecule has 1 aliphatic rings. The summed E-state index contributed by atoms with van der Waals surface area (Å²) in [7, 11) is 1.50. The van der Waals surface area contributed by atoms with Gasteiger partial charge in [0.25, 0.3) is 5.91 Å². The number of carbonyl (C=O) groups excluding carboxylic acids is 1. The van der Waals surface area contributed by atoms with Crippen LogP contribution in [0.25, 0.3) is 0 Å². The van der Waals surface area contributed by atoms with Gasteiger partial charge in [-0.05, 0) is 23.8 Å². The molecule has 1 aliphatic heterocycles. The number of hydrogen-bond acceptors (Lipinski definition) is 4. The molecule has 6 nitrogen and oxygen atoms in total. The van der Waals surface area contributed by atoms with E-state index in [0.29, 0.717) is 30.3 Å². The number of aliphatic carboxylic acids is 1. The van der Waals surface area contributed by atoms with Gasteiger partial charge in [-0.2, -0.15) is 0 Å². The van der Waals surface area contributed by atoms with Crippen LogP contribution in [0.1, 0.15) is 15.9 Å². The maximum absolute atomic E-state index is 12.7. The molecule has 6 heteroatoms. The third-order valence-corrected chi connectivity index (χ3v) is 4.13. The smallest absolute Gasteiger partial charge is 0.326 e. The van der Waals surface area contributed by atoms with Crippen LogP contribution in [0.2, 0.25) is 0 Å². The van der Waals surface area contributed by atoms with Crippen molar-refractivity contribution in [3.63, 3.8) is 0 Å². The first-order chi connectivity index (χ1) is 12.1. The van der Waals surface area contributed by atoms with E-state index in [4.69, 9.17) is 9.47 Å². The van der Waals surface area contributed by atoms with Gasteiger partial charge in [0.15, 0.2) is 11.5 Å². The topological polar surface area (TPSA) is 76.1 Å². The summed E-state index contributed by atoms with van der Waals surface area (Å²) < 4.78 is 10.9. The van der Waals surface area contributed by atoms with Gasteiger partial charge < -0.3 is 19.5 Å². The van der Waals surface area contributed by atoms with Crippen LogP contribution in [0.3, 0.4) is 0 Å². The molecule has 3 rings (SSSR count). The normalized spacial score (nSPS) is 13.8. The molecule has 0 bridgehead atoms. The number of carboxylic acid groups (broad SMARTS) is 1. The minimum atomic E-state index is -1.04. The van der Waals surface area contributed by atoms with Crippen molar-refractivity contribution in [1.29, 1.82) is 0 Å². The van der Waals surface area contributed by atoms with Gasteiger partial charge in [0, 0.05) is 19.0 Å². The number of benzene rings is 2. The van der Waals surface area contributed by atoms with Crippen molar-refractivity contribution in [1.82, 2.24) is 4.90 Å². The maximum atomic E-state index is 12.7. The monoisotopic (exact) mass is 341 g/mol. The van der Waals surface area contributed by atoms with Gasteiger partial charge in [-0.3, -0.25) is 4.79 Å². The number of hydrogen-bond donors (Lipinski definition) is 1. The van der Waals surface area contributed by atoms with Gasteiger partial charge >= 0.3 is 5.97 Å². The zero-order chi connectivity index (χ0) is 17.8. The van der Waals surface area contributed by atoms with Gasteiger partial charge in [-0.15, -0.1) is 0 Å². The van der Waals surface area contributed by atoms with Gasteiger partial charge in [-0.25, -0.2) is 4.79 Å². The molecule has 0 spiro atoms. The first kappa shape index (κ1) is 16.8. The Morgan fingerprint density at radius 3 is 2.44 bits per heavy atom. The number of ether oxygens (including phenoxy) is 2. The minimum Gasteiger partial charge on any atom is -0.486 e. The van der Waals surface area contributed by atoms with Gasteiger partial charge in [-0.1, -0.05) is 30.3 Å². The molecule has 0 aliphatic carbocycles. The summed E-state index contributed by atoms with van der Waals surface area (Å²) in [6.07, 6.45) is 0.239. The highest BCUT2D eigenvalue weighted by Crippen LogP contribution is 2.31. The number of fused-ring (bicyclic) bond motifs is 1. The van der Waals surface area contributed by atoms with E-state index in [1.807, 2.05) is 30.3 Å². The van der Waals surface area contributed by atoms with Crippen molar-refractivity contribution in [2.24, 2.45) is 0 Å². The number of rotatable bonds is 5. The van der Waals surface area contributed by atoms with E-state index < -0.39 is 12.0 Å². The van der Waals surface area contributed by atoms with Crippen LogP contribution in [-0.4, -0.2) is 48.2 Å². The molecule has 1 heterocycles. The highest BCUT2D eigenvalue weighted by molar-refractivity contribution is 5.97. The highest BCUT2D eigenvalue weighted by atomic mass is 16.6. The van der Waals surface area contributed by atoms with Crippen molar-refractivity contribution in [2.45, 2.75) is 12.5 Å². The lowest BCUT2D eigenvalue weighted by molar-refractivity contribution is -0.141. The lowest BCUT2D eigenvalue weighted by Gasteiger charge is -2.26. The van der Waals surface area contributed by atoms with Gasteiger partial charge in [0.1, 0.15) is 19.3 Å². The van der Waals surface area contributed by atoms with Crippen LogP contribution in [0.4, 0.5) is 0 Å². The molecule has 2 aromatic carbocycles. The average molecular weight is 341 g/mol.